The number of nitrogens with zero attached hydrogens (tertiary/aromatic N) is 3. The van der Waals surface area contributed by atoms with Crippen LogP contribution < -0.4 is 10.5 Å². The molecule has 6 rings (SSSR count). The van der Waals surface area contributed by atoms with E-state index in [1.807, 2.05) is 31.2 Å². The zero-order chi connectivity index (χ0) is 21.9. The quantitative estimate of drug-likeness (QED) is 0.511. The number of aromatic nitrogens is 3. The van der Waals surface area contributed by atoms with Crippen LogP contribution in [0.25, 0.3) is 33.9 Å². The Kier molecular flexibility index (Phi) is 4.06. The van der Waals surface area contributed by atoms with Crippen molar-refractivity contribution < 1.29 is 9.84 Å². The Morgan fingerprint density at radius 1 is 1.00 bits per heavy atom. The number of benzene rings is 2. The Bertz CT molecular complexity index is 1300. The van der Waals surface area contributed by atoms with Crippen LogP contribution in [0, 0.1) is 0 Å². The number of hydrogen-bond donors (Lipinski definition) is 2. The summed E-state index contributed by atoms with van der Waals surface area (Å²) in [5.74, 6) is 1.64. The molecule has 0 saturated heterocycles. The van der Waals surface area contributed by atoms with E-state index in [1.165, 1.54) is 0 Å². The second-order valence-corrected chi connectivity index (χ2v) is 9.16. The lowest BCUT2D eigenvalue weighted by atomic mass is 9.63. The summed E-state index contributed by atoms with van der Waals surface area (Å²) in [5.41, 5.74) is 11.3. The molecule has 160 valence electrons. The molecule has 2 aromatic carbocycles. The second kappa shape index (κ2) is 6.76. The molecule has 6 heteroatoms. The summed E-state index contributed by atoms with van der Waals surface area (Å²) >= 11 is 0. The van der Waals surface area contributed by atoms with E-state index >= 15 is 0 Å². The van der Waals surface area contributed by atoms with Gasteiger partial charge >= 0.3 is 0 Å². The van der Waals surface area contributed by atoms with Gasteiger partial charge in [0, 0.05) is 29.1 Å². The summed E-state index contributed by atoms with van der Waals surface area (Å²) in [6.45, 7) is 2.23. The molecule has 0 bridgehead atoms. The number of imidazole rings is 1. The van der Waals surface area contributed by atoms with Crippen LogP contribution in [0.3, 0.4) is 0 Å². The molecule has 3 N–H and O–H groups in total. The number of rotatable bonds is 3. The molecule has 6 nitrogen and oxygen atoms in total. The summed E-state index contributed by atoms with van der Waals surface area (Å²) in [7, 11) is 0. The van der Waals surface area contributed by atoms with Crippen LogP contribution in [0.4, 0.5) is 0 Å². The van der Waals surface area contributed by atoms with Crippen molar-refractivity contribution in [2.75, 3.05) is 0 Å². The van der Waals surface area contributed by atoms with E-state index in [-0.39, 0.29) is 0 Å². The number of aliphatic hydroxyl groups is 1. The smallest absolute Gasteiger partial charge is 0.167 e. The minimum atomic E-state index is -0.682. The minimum Gasteiger partial charge on any atom is -0.472 e. The molecule has 2 aliphatic rings. The Hall–Kier alpha value is -3.48. The molecule has 1 aliphatic carbocycles. The molecule has 0 atom stereocenters. The highest BCUT2D eigenvalue weighted by Crippen LogP contribution is 2.47. The first-order chi connectivity index (χ1) is 15.4. The molecule has 1 saturated carbocycles. The lowest BCUT2D eigenvalue weighted by Crippen LogP contribution is -2.58. The van der Waals surface area contributed by atoms with Crippen LogP contribution in [-0.4, -0.2) is 25.2 Å². The van der Waals surface area contributed by atoms with Crippen molar-refractivity contribution in [3.63, 3.8) is 0 Å². The van der Waals surface area contributed by atoms with Gasteiger partial charge in [0.05, 0.1) is 22.6 Å². The maximum Gasteiger partial charge on any atom is 0.167 e. The van der Waals surface area contributed by atoms with Gasteiger partial charge in [0.15, 0.2) is 6.73 Å². The van der Waals surface area contributed by atoms with Crippen LogP contribution in [0.1, 0.15) is 25.3 Å². The Balaban J connectivity index is 1.48. The van der Waals surface area contributed by atoms with E-state index in [4.69, 9.17) is 15.5 Å². The van der Waals surface area contributed by atoms with Gasteiger partial charge in [-0.15, -0.1) is 0 Å². The van der Waals surface area contributed by atoms with Crippen molar-refractivity contribution in [1.29, 1.82) is 0 Å². The van der Waals surface area contributed by atoms with Gasteiger partial charge < -0.3 is 15.6 Å². The maximum atomic E-state index is 10.2. The zero-order valence-electron chi connectivity index (χ0n) is 17.8. The summed E-state index contributed by atoms with van der Waals surface area (Å²) in [6, 6.07) is 20.4. The van der Waals surface area contributed by atoms with Crippen LogP contribution in [0.2, 0.25) is 0 Å². The number of hydrogen-bond acceptors (Lipinski definition) is 5. The van der Waals surface area contributed by atoms with Gasteiger partial charge in [-0.1, -0.05) is 54.6 Å². The molecule has 1 fully saturated rings. The summed E-state index contributed by atoms with van der Waals surface area (Å²) in [5, 5.41) is 10.2. The number of pyridine rings is 1. The lowest BCUT2D eigenvalue weighted by Gasteiger charge is -2.49. The molecule has 2 aromatic heterocycles. The zero-order valence-corrected chi connectivity index (χ0v) is 17.8. The monoisotopic (exact) mass is 424 g/mol. The number of ether oxygens (including phenoxy) is 1. The normalized spacial score (nSPS) is 23.6. The van der Waals surface area contributed by atoms with Crippen LogP contribution in [0.15, 0.2) is 73.1 Å². The van der Waals surface area contributed by atoms with Gasteiger partial charge in [-0.05, 0) is 31.4 Å². The second-order valence-electron chi connectivity index (χ2n) is 9.16. The van der Waals surface area contributed by atoms with Gasteiger partial charge in [-0.25, -0.2) is 4.98 Å². The highest BCUT2D eigenvalue weighted by molar-refractivity contribution is 5.83. The highest BCUT2D eigenvalue weighted by atomic mass is 16.5. The highest BCUT2D eigenvalue weighted by Gasteiger charge is 2.49. The fourth-order valence-corrected chi connectivity index (χ4v) is 5.16. The predicted molar refractivity (Wildman–Crippen MR) is 123 cm³/mol. The third-order valence-corrected chi connectivity index (χ3v) is 6.51. The minimum absolute atomic E-state index is 0.392. The van der Waals surface area contributed by atoms with Crippen molar-refractivity contribution in [3.8, 4) is 39.7 Å². The number of nitrogens with two attached hydrogens (primary N) is 1. The van der Waals surface area contributed by atoms with Crippen molar-refractivity contribution in [3.05, 3.63) is 78.6 Å². The molecule has 0 radical (unpaired) electrons. The van der Waals surface area contributed by atoms with Crippen LogP contribution in [-0.2, 0) is 12.3 Å². The van der Waals surface area contributed by atoms with E-state index in [2.05, 4.69) is 45.9 Å². The van der Waals surface area contributed by atoms with Crippen LogP contribution >= 0.6 is 0 Å². The summed E-state index contributed by atoms with van der Waals surface area (Å²) < 4.78 is 8.12. The predicted octanol–water partition coefficient (Wildman–Crippen LogP) is 4.33. The molecule has 0 spiro atoms. The third-order valence-electron chi connectivity index (χ3n) is 6.51. The average molecular weight is 425 g/mol. The Labute approximate surface area is 186 Å². The molecular weight excluding hydrogens is 400 g/mol. The van der Waals surface area contributed by atoms with Gasteiger partial charge in [-0.3, -0.25) is 9.55 Å². The van der Waals surface area contributed by atoms with E-state index in [9.17, 15) is 5.11 Å². The van der Waals surface area contributed by atoms with Crippen molar-refractivity contribution in [2.24, 2.45) is 5.73 Å². The average Bonchev–Trinajstić information content (AvgIpc) is 3.18. The van der Waals surface area contributed by atoms with Gasteiger partial charge in [-0.2, -0.15) is 0 Å². The largest absolute Gasteiger partial charge is 0.472 e. The first kappa shape index (κ1) is 19.2. The molecular formula is C26H24N4O2. The molecule has 1 aliphatic heterocycles. The SMILES string of the molecule is C[C@]1(O)C[C@@](N)(c2ccc(-c3nc4n(c3-c3ccccc3)COc3ccncc3-4)cc2)C1. The van der Waals surface area contributed by atoms with Crippen molar-refractivity contribution in [2.45, 2.75) is 37.6 Å². The van der Waals surface area contributed by atoms with Gasteiger partial charge in [0.1, 0.15) is 11.6 Å². The van der Waals surface area contributed by atoms with E-state index < -0.39 is 11.1 Å². The van der Waals surface area contributed by atoms with Crippen molar-refractivity contribution in [1.82, 2.24) is 14.5 Å². The summed E-state index contributed by atoms with van der Waals surface area (Å²) in [4.78, 5) is 9.34. The van der Waals surface area contributed by atoms with Gasteiger partial charge in [0.2, 0.25) is 0 Å². The molecule has 4 aromatic rings. The van der Waals surface area contributed by atoms with Crippen molar-refractivity contribution >= 4 is 0 Å². The topological polar surface area (TPSA) is 86.2 Å². The maximum absolute atomic E-state index is 10.2. The molecule has 0 amide bonds. The lowest BCUT2D eigenvalue weighted by molar-refractivity contribution is -0.0738. The Morgan fingerprint density at radius 3 is 2.47 bits per heavy atom. The third kappa shape index (κ3) is 2.95. The Morgan fingerprint density at radius 2 is 1.75 bits per heavy atom. The molecule has 3 heterocycles. The summed E-state index contributed by atoms with van der Waals surface area (Å²) in [6.07, 6.45) is 4.66. The molecule has 32 heavy (non-hydrogen) atoms. The van der Waals surface area contributed by atoms with Gasteiger partial charge in [0.25, 0.3) is 0 Å². The van der Waals surface area contributed by atoms with Crippen LogP contribution in [0.5, 0.6) is 5.75 Å². The first-order valence-electron chi connectivity index (χ1n) is 10.8. The standard InChI is InChI=1S/C26H24N4O2/c1-25(31)14-26(27,15-25)19-9-7-17(8-10-19)22-23(18-5-3-2-4-6-18)30-16-32-21-11-12-28-13-20(21)24(30)29-22/h2-13,31H,14-16,27H2,1H3/t25-,26-. The molecule has 0 unspecified atom stereocenters. The fourth-order valence-electron chi connectivity index (χ4n) is 5.16. The number of fused-ring (bicyclic) bond motifs is 3. The van der Waals surface area contributed by atoms with E-state index in [1.54, 1.807) is 12.4 Å². The van der Waals surface area contributed by atoms with E-state index in [0.717, 1.165) is 45.2 Å². The van der Waals surface area contributed by atoms with E-state index in [0.29, 0.717) is 19.6 Å². The first-order valence-corrected chi connectivity index (χ1v) is 10.8. The fraction of sp³-hybridized carbons (Fsp3) is 0.231.